The summed E-state index contributed by atoms with van der Waals surface area (Å²) in [7, 11) is 0. The van der Waals surface area contributed by atoms with E-state index in [-0.39, 0.29) is 17.0 Å². The highest BCUT2D eigenvalue weighted by atomic mass is 35.5. The Bertz CT molecular complexity index is 1330. The number of halogens is 1. The van der Waals surface area contributed by atoms with E-state index in [0.29, 0.717) is 63.2 Å². The number of thioether (sulfide) groups is 1. The first kappa shape index (κ1) is 29.9. The average Bonchev–Trinajstić information content (AvgIpc) is 3.17. The van der Waals surface area contributed by atoms with Gasteiger partial charge in [-0.25, -0.2) is 0 Å². The second-order valence-corrected chi connectivity index (χ2v) is 11.6. The Kier molecular flexibility index (Phi) is 11.0. The summed E-state index contributed by atoms with van der Waals surface area (Å²) in [4.78, 5) is 29.0. The van der Waals surface area contributed by atoms with E-state index in [0.717, 1.165) is 31.2 Å². The molecule has 1 aromatic carbocycles. The summed E-state index contributed by atoms with van der Waals surface area (Å²) in [6.45, 7) is 9.46. The Hall–Kier alpha value is -2.60. The van der Waals surface area contributed by atoms with Gasteiger partial charge in [0.15, 0.2) is 0 Å². The Morgan fingerprint density at radius 2 is 1.95 bits per heavy atom. The quantitative estimate of drug-likeness (QED) is 0.216. The molecule has 6 nitrogen and oxygen atoms in total. The normalized spacial score (nSPS) is 15.3. The van der Waals surface area contributed by atoms with Crippen molar-refractivity contribution in [2.45, 2.75) is 72.9 Å². The van der Waals surface area contributed by atoms with Gasteiger partial charge in [0.2, 0.25) is 0 Å². The van der Waals surface area contributed by atoms with Gasteiger partial charge >= 0.3 is 0 Å². The van der Waals surface area contributed by atoms with Crippen LogP contribution >= 0.6 is 35.6 Å². The van der Waals surface area contributed by atoms with Gasteiger partial charge < -0.3 is 5.32 Å². The molecule has 202 valence electrons. The molecule has 1 aliphatic heterocycles. The number of thiocarbonyl (C=S) groups is 1. The van der Waals surface area contributed by atoms with E-state index < -0.39 is 0 Å². The Morgan fingerprint density at radius 1 is 1.21 bits per heavy atom. The number of nitrogens with one attached hydrogen (secondary N) is 1. The molecular formula is C29H35ClN4O2S2. The first-order valence-electron chi connectivity index (χ1n) is 13.2. The van der Waals surface area contributed by atoms with Crippen molar-refractivity contribution in [3.8, 4) is 6.07 Å². The van der Waals surface area contributed by atoms with Crippen molar-refractivity contribution in [1.82, 2.24) is 9.47 Å². The summed E-state index contributed by atoms with van der Waals surface area (Å²) in [6.07, 6.45) is 6.77. The molecule has 0 saturated carbocycles. The van der Waals surface area contributed by atoms with Gasteiger partial charge in [-0.2, -0.15) is 5.26 Å². The molecule has 1 aromatic heterocycles. The second-order valence-electron chi connectivity index (χ2n) is 9.48. The number of anilines is 1. The summed E-state index contributed by atoms with van der Waals surface area (Å²) in [5.41, 5.74) is 1.78. The molecule has 38 heavy (non-hydrogen) atoms. The molecule has 2 aromatic rings. The van der Waals surface area contributed by atoms with Crippen LogP contribution in [-0.2, 0) is 17.9 Å². The summed E-state index contributed by atoms with van der Waals surface area (Å²) in [5, 5.41) is 13.8. The highest BCUT2D eigenvalue weighted by Crippen LogP contribution is 2.36. The molecule has 1 unspecified atom stereocenters. The lowest BCUT2D eigenvalue weighted by atomic mass is 9.99. The molecule has 0 aliphatic carbocycles. The van der Waals surface area contributed by atoms with Gasteiger partial charge in [-0.3, -0.25) is 19.1 Å². The van der Waals surface area contributed by atoms with E-state index in [1.165, 1.54) is 11.8 Å². The summed E-state index contributed by atoms with van der Waals surface area (Å²) in [5.74, 6) is 0.828. The molecule has 3 rings (SSSR count). The summed E-state index contributed by atoms with van der Waals surface area (Å²) >= 11 is 13.3. The fourth-order valence-corrected chi connectivity index (χ4v) is 6.03. The zero-order valence-corrected chi connectivity index (χ0v) is 24.9. The first-order chi connectivity index (χ1) is 18.3. The van der Waals surface area contributed by atoms with Crippen LogP contribution in [0.1, 0.15) is 75.1 Å². The van der Waals surface area contributed by atoms with E-state index in [1.54, 1.807) is 22.5 Å². The summed E-state index contributed by atoms with van der Waals surface area (Å²) < 4.78 is 2.13. The second kappa shape index (κ2) is 14.0. The van der Waals surface area contributed by atoms with Crippen LogP contribution in [-0.4, -0.2) is 26.2 Å². The third-order valence-electron chi connectivity index (χ3n) is 6.86. The van der Waals surface area contributed by atoms with Crippen molar-refractivity contribution >= 4 is 57.7 Å². The molecular weight excluding hydrogens is 536 g/mol. The third-order valence-corrected chi connectivity index (χ3v) is 8.61. The fraction of sp³-hybridized carbons (Fsp3) is 0.448. The maximum absolute atomic E-state index is 13.5. The number of hydrogen-bond acceptors (Lipinski definition) is 6. The van der Waals surface area contributed by atoms with E-state index in [2.05, 4.69) is 25.2 Å². The van der Waals surface area contributed by atoms with Gasteiger partial charge in [0.05, 0.1) is 4.91 Å². The molecule has 0 bridgehead atoms. The minimum atomic E-state index is -0.347. The van der Waals surface area contributed by atoms with Crippen molar-refractivity contribution in [2.75, 3.05) is 11.9 Å². The number of rotatable bonds is 12. The molecule has 1 amide bonds. The monoisotopic (exact) mass is 570 g/mol. The summed E-state index contributed by atoms with van der Waals surface area (Å²) in [6, 6.07) is 9.59. The van der Waals surface area contributed by atoms with Crippen LogP contribution in [0.2, 0.25) is 5.02 Å². The van der Waals surface area contributed by atoms with Crippen LogP contribution in [0.25, 0.3) is 6.08 Å². The third kappa shape index (κ3) is 6.69. The van der Waals surface area contributed by atoms with Crippen LogP contribution < -0.4 is 10.9 Å². The molecule has 1 fully saturated rings. The Balaban J connectivity index is 2.07. The van der Waals surface area contributed by atoms with Crippen molar-refractivity contribution in [2.24, 2.45) is 5.92 Å². The number of unbranched alkanes of at least 4 members (excludes halogenated alkanes) is 1. The maximum Gasteiger partial charge on any atom is 0.270 e. The van der Waals surface area contributed by atoms with E-state index in [9.17, 15) is 14.9 Å². The molecule has 1 saturated heterocycles. The minimum Gasteiger partial charge on any atom is -0.367 e. The molecule has 1 atom stereocenters. The van der Waals surface area contributed by atoms with Crippen molar-refractivity contribution in [3.63, 3.8) is 0 Å². The lowest BCUT2D eigenvalue weighted by Gasteiger charge is -2.22. The molecule has 2 heterocycles. The molecule has 1 N–H and O–H groups in total. The highest BCUT2D eigenvalue weighted by molar-refractivity contribution is 8.26. The molecule has 1 aliphatic rings. The zero-order valence-electron chi connectivity index (χ0n) is 22.5. The number of carbonyl (C=O) groups excluding carboxylic acids is 1. The van der Waals surface area contributed by atoms with Gasteiger partial charge in [0.25, 0.3) is 11.5 Å². The van der Waals surface area contributed by atoms with Crippen LogP contribution in [0.4, 0.5) is 5.82 Å². The minimum absolute atomic E-state index is 0.0779. The molecule has 0 radical (unpaired) electrons. The predicted molar refractivity (Wildman–Crippen MR) is 162 cm³/mol. The average molecular weight is 571 g/mol. The first-order valence-corrected chi connectivity index (χ1v) is 14.8. The van der Waals surface area contributed by atoms with Crippen molar-refractivity contribution in [3.05, 3.63) is 66.8 Å². The van der Waals surface area contributed by atoms with E-state index in [1.807, 2.05) is 31.2 Å². The number of aromatic nitrogens is 1. The smallest absolute Gasteiger partial charge is 0.270 e. The van der Waals surface area contributed by atoms with Crippen molar-refractivity contribution < 1.29 is 4.79 Å². The maximum atomic E-state index is 13.5. The number of carbonyl (C=O) groups is 1. The number of nitrogens with zero attached hydrogens (tertiary/aromatic N) is 3. The van der Waals surface area contributed by atoms with E-state index >= 15 is 0 Å². The number of hydrogen-bond donors (Lipinski definition) is 1. The molecule has 0 spiro atoms. The van der Waals surface area contributed by atoms with Gasteiger partial charge in [-0.15, -0.1) is 0 Å². The lowest BCUT2D eigenvalue weighted by Crippen LogP contribution is -2.33. The van der Waals surface area contributed by atoms with Crippen LogP contribution in [0, 0.1) is 24.2 Å². The topological polar surface area (TPSA) is 78.1 Å². The highest BCUT2D eigenvalue weighted by Gasteiger charge is 2.34. The van der Waals surface area contributed by atoms with Crippen LogP contribution in [0.15, 0.2) is 34.0 Å². The molecule has 9 heteroatoms. The number of benzene rings is 1. The number of pyridine rings is 1. The van der Waals surface area contributed by atoms with Crippen LogP contribution in [0.5, 0.6) is 0 Å². The number of nitriles is 1. The number of amides is 1. The van der Waals surface area contributed by atoms with Crippen molar-refractivity contribution in [1.29, 1.82) is 5.26 Å². The fourth-order valence-electron chi connectivity index (χ4n) is 4.58. The SMILES string of the molecule is CCCCC(CC)CN1C(=O)/C(=C\c2c(C)c(C#N)c(=O)n(CCC)c2NCc2ccccc2Cl)SC1=S. The predicted octanol–water partition coefficient (Wildman–Crippen LogP) is 7.12. The Labute approximate surface area is 240 Å². The standard InChI is InChI=1S/C29H35ClN4O2S2/c1-5-8-11-20(7-3)18-34-28(36)25(38-29(34)37)15-22-19(4)23(16-31)27(35)33(14-6-2)26(22)32-17-21-12-9-10-13-24(21)30/h9-10,12-13,15,20,32H,5-8,11,14,17-18H2,1-4H3/b25-15+. The van der Waals surface area contributed by atoms with E-state index in [4.69, 9.17) is 23.8 Å². The zero-order chi connectivity index (χ0) is 27.8. The lowest BCUT2D eigenvalue weighted by molar-refractivity contribution is -0.122. The Morgan fingerprint density at radius 3 is 2.58 bits per heavy atom. The van der Waals surface area contributed by atoms with Gasteiger partial charge in [-0.05, 0) is 49.0 Å². The van der Waals surface area contributed by atoms with Crippen LogP contribution in [0.3, 0.4) is 0 Å². The van der Waals surface area contributed by atoms with Gasteiger partial charge in [0.1, 0.15) is 21.8 Å². The van der Waals surface area contributed by atoms with Gasteiger partial charge in [-0.1, -0.05) is 93.8 Å². The van der Waals surface area contributed by atoms with Gasteiger partial charge in [0, 0.05) is 30.2 Å². The largest absolute Gasteiger partial charge is 0.367 e.